The van der Waals surface area contributed by atoms with Gasteiger partial charge in [0, 0.05) is 0 Å². The first-order valence-corrected chi connectivity index (χ1v) is 14.8. The molecule has 1 N–H and O–H groups in total. The third-order valence-electron chi connectivity index (χ3n) is 6.09. The summed E-state index contributed by atoms with van der Waals surface area (Å²) in [5, 5.41) is 15.4. The number of nitrogens with one attached hydrogen (secondary N) is 1. The minimum absolute atomic E-state index is 0.0598. The number of hydrogen-bond donors (Lipinski definition) is 1. The number of ether oxygens (including phenoxy) is 4. The summed E-state index contributed by atoms with van der Waals surface area (Å²) in [7, 11) is 1.55. The van der Waals surface area contributed by atoms with Crippen molar-refractivity contribution < 1.29 is 23.7 Å². The quantitative estimate of drug-likeness (QED) is 0.104. The van der Waals surface area contributed by atoms with Gasteiger partial charge >= 0.3 is 0 Å². The number of rotatable bonds is 12. The lowest BCUT2D eigenvalue weighted by Crippen LogP contribution is -2.35. The van der Waals surface area contributed by atoms with E-state index in [2.05, 4.69) is 39.3 Å². The van der Waals surface area contributed by atoms with Crippen LogP contribution in [0.15, 0.2) is 95.1 Å². The summed E-state index contributed by atoms with van der Waals surface area (Å²) < 4.78 is 24.1. The third kappa shape index (κ3) is 6.85. The monoisotopic (exact) mass is 694 g/mol. The maximum Gasteiger partial charge on any atom is 0.283 e. The van der Waals surface area contributed by atoms with Crippen molar-refractivity contribution in [2.75, 3.05) is 26.9 Å². The first-order chi connectivity index (χ1) is 20.5. The van der Waals surface area contributed by atoms with Crippen LogP contribution < -0.4 is 18.9 Å². The number of halogens is 1. The van der Waals surface area contributed by atoms with E-state index < -0.39 is 5.91 Å². The molecule has 0 fully saturated rings. The van der Waals surface area contributed by atoms with E-state index in [0.717, 1.165) is 21.3 Å². The van der Waals surface area contributed by atoms with Gasteiger partial charge in [-0.1, -0.05) is 42.5 Å². The number of allylic oxidation sites excluding steroid dienone is 1. The summed E-state index contributed by atoms with van der Waals surface area (Å²) in [4.78, 5) is 17.1. The molecule has 0 aliphatic carbocycles. The number of carbonyl (C=O) groups is 1. The van der Waals surface area contributed by atoms with Crippen LogP contribution in [0.25, 0.3) is 6.08 Å². The molecular weight excluding hydrogens is 667 g/mol. The highest BCUT2D eigenvalue weighted by atomic mass is 127. The minimum Gasteiger partial charge on any atom is -0.493 e. The smallest absolute Gasteiger partial charge is 0.283 e. The van der Waals surface area contributed by atoms with Crippen LogP contribution in [0.4, 0.5) is 0 Å². The van der Waals surface area contributed by atoms with Crippen LogP contribution in [0.5, 0.6) is 23.0 Å². The minimum atomic E-state index is -0.512. The van der Waals surface area contributed by atoms with E-state index in [1.165, 1.54) is 16.8 Å². The number of hydrogen-bond acceptors (Lipinski definition) is 8. The maximum absolute atomic E-state index is 12.9. The Bertz CT molecular complexity index is 1610. The van der Waals surface area contributed by atoms with Crippen molar-refractivity contribution in [1.82, 2.24) is 5.01 Å². The van der Waals surface area contributed by atoms with Crippen LogP contribution in [0.2, 0.25) is 0 Å². The summed E-state index contributed by atoms with van der Waals surface area (Å²) in [6.07, 6.45) is 4.17. The highest BCUT2D eigenvalue weighted by molar-refractivity contribution is 14.1. The molecule has 0 unspecified atom stereocenters. The lowest BCUT2D eigenvalue weighted by atomic mass is 10.1. The third-order valence-corrected chi connectivity index (χ3v) is 7.77. The lowest BCUT2D eigenvalue weighted by molar-refractivity contribution is -0.114. The van der Waals surface area contributed by atoms with Gasteiger partial charge in [0.15, 0.2) is 17.3 Å². The number of hydrazone groups is 1. The van der Waals surface area contributed by atoms with Gasteiger partial charge in [-0.2, -0.15) is 15.1 Å². The van der Waals surface area contributed by atoms with Crippen molar-refractivity contribution in [2.45, 2.75) is 6.42 Å². The molecule has 5 rings (SSSR count). The number of thioether (sulfide) groups is 1. The van der Waals surface area contributed by atoms with E-state index in [1.54, 1.807) is 19.3 Å². The highest BCUT2D eigenvalue weighted by Gasteiger charge is 2.35. The molecule has 3 aromatic rings. The largest absolute Gasteiger partial charge is 0.493 e. The second-order valence-electron chi connectivity index (χ2n) is 8.95. The SMILES string of the molecule is C=CCc1ccccc1OCCOc1c(I)cc(/C=C2/C(=N)N3N=C(COc4ccccc4)SC3=NC2=O)cc1OC. The molecule has 0 atom stereocenters. The zero-order valence-corrected chi connectivity index (χ0v) is 25.7. The molecule has 0 spiro atoms. The lowest BCUT2D eigenvalue weighted by Gasteiger charge is -2.20. The van der Waals surface area contributed by atoms with Gasteiger partial charge in [0.25, 0.3) is 5.91 Å². The molecule has 3 aromatic carbocycles. The zero-order valence-electron chi connectivity index (χ0n) is 22.7. The van der Waals surface area contributed by atoms with Crippen LogP contribution in [-0.4, -0.2) is 53.9 Å². The van der Waals surface area contributed by atoms with Gasteiger partial charge in [-0.15, -0.1) is 6.58 Å². The Kier molecular flexibility index (Phi) is 9.59. The van der Waals surface area contributed by atoms with Crippen LogP contribution in [-0.2, 0) is 11.2 Å². The summed E-state index contributed by atoms with van der Waals surface area (Å²) in [5.74, 6) is 1.99. The molecule has 2 aliphatic heterocycles. The van der Waals surface area contributed by atoms with Gasteiger partial charge in [0.2, 0.25) is 5.17 Å². The van der Waals surface area contributed by atoms with Crippen molar-refractivity contribution >= 4 is 62.4 Å². The molecule has 0 radical (unpaired) electrons. The average Bonchev–Trinajstić information content (AvgIpc) is 3.41. The molecular formula is C31H27IN4O5S. The number of amides is 1. The van der Waals surface area contributed by atoms with Gasteiger partial charge in [-0.05, 0) is 88.3 Å². The number of carbonyl (C=O) groups excluding carboxylic acids is 1. The summed E-state index contributed by atoms with van der Waals surface area (Å²) in [5.41, 5.74) is 1.84. The van der Waals surface area contributed by atoms with Gasteiger partial charge in [-0.3, -0.25) is 10.2 Å². The second-order valence-corrected chi connectivity index (χ2v) is 11.1. The topological polar surface area (TPSA) is 106 Å². The summed E-state index contributed by atoms with van der Waals surface area (Å²) in [6.45, 7) is 4.65. The molecule has 2 aliphatic rings. The molecule has 214 valence electrons. The number of benzene rings is 3. The molecule has 9 nitrogen and oxygen atoms in total. The Morgan fingerprint density at radius 2 is 1.79 bits per heavy atom. The Balaban J connectivity index is 1.26. The molecule has 1 amide bonds. The van der Waals surface area contributed by atoms with Crippen molar-refractivity contribution in [3.8, 4) is 23.0 Å². The van der Waals surface area contributed by atoms with Crippen LogP contribution in [0.1, 0.15) is 11.1 Å². The number of methoxy groups -OCH3 is 1. The van der Waals surface area contributed by atoms with E-state index >= 15 is 0 Å². The fourth-order valence-electron chi connectivity index (χ4n) is 4.15. The van der Waals surface area contributed by atoms with Crippen LogP contribution in [0.3, 0.4) is 0 Å². The molecule has 2 heterocycles. The number of para-hydroxylation sites is 2. The molecule has 0 bridgehead atoms. The van der Waals surface area contributed by atoms with Gasteiger partial charge < -0.3 is 18.9 Å². The summed E-state index contributed by atoms with van der Waals surface area (Å²) in [6, 6.07) is 20.8. The Hall–Kier alpha value is -4.10. The predicted octanol–water partition coefficient (Wildman–Crippen LogP) is 6.18. The van der Waals surface area contributed by atoms with E-state index in [0.29, 0.717) is 46.2 Å². The van der Waals surface area contributed by atoms with Gasteiger partial charge in [0.1, 0.15) is 36.4 Å². The normalized spacial score (nSPS) is 15.2. The van der Waals surface area contributed by atoms with Crippen molar-refractivity contribution in [1.29, 1.82) is 5.41 Å². The van der Waals surface area contributed by atoms with E-state index in [4.69, 9.17) is 24.4 Å². The zero-order chi connectivity index (χ0) is 29.5. The van der Waals surface area contributed by atoms with Gasteiger partial charge in [-0.25, -0.2) is 0 Å². The van der Waals surface area contributed by atoms with Crippen molar-refractivity contribution in [3.63, 3.8) is 0 Å². The first kappa shape index (κ1) is 29.4. The standard InChI is InChI=1S/C31H27IN4O5S/c1-3-9-21-10-7-8-13-25(21)39-14-15-40-28-24(32)17-20(18-26(28)38-2)16-23-29(33)36-31(34-30(23)37)42-27(35-36)19-41-22-11-5-4-6-12-22/h3-8,10-13,16-18,33H,1,9,14-15,19H2,2H3/b23-16-,33-29?. The van der Waals surface area contributed by atoms with E-state index in [-0.39, 0.29) is 18.0 Å². The van der Waals surface area contributed by atoms with Crippen molar-refractivity contribution in [2.24, 2.45) is 10.1 Å². The Morgan fingerprint density at radius 3 is 2.57 bits per heavy atom. The number of amidine groups is 2. The Labute approximate surface area is 261 Å². The fraction of sp³-hybridized carbons (Fsp3) is 0.161. The van der Waals surface area contributed by atoms with Gasteiger partial charge in [0.05, 0.1) is 16.3 Å². The Morgan fingerprint density at radius 1 is 1.02 bits per heavy atom. The average molecular weight is 695 g/mol. The predicted molar refractivity (Wildman–Crippen MR) is 174 cm³/mol. The first-order valence-electron chi connectivity index (χ1n) is 13.0. The summed E-state index contributed by atoms with van der Waals surface area (Å²) >= 11 is 3.37. The molecule has 0 aromatic heterocycles. The second kappa shape index (κ2) is 13.7. The van der Waals surface area contributed by atoms with E-state index in [1.807, 2.05) is 66.7 Å². The molecule has 11 heteroatoms. The van der Waals surface area contributed by atoms with Crippen LogP contribution >= 0.6 is 34.4 Å². The number of fused-ring (bicyclic) bond motifs is 1. The van der Waals surface area contributed by atoms with Crippen LogP contribution in [0, 0.1) is 8.98 Å². The fourth-order valence-corrected chi connectivity index (χ4v) is 5.73. The highest BCUT2D eigenvalue weighted by Crippen LogP contribution is 2.36. The number of nitrogens with zero attached hydrogens (tertiary/aromatic N) is 3. The molecule has 0 saturated carbocycles. The maximum atomic E-state index is 12.9. The molecule has 0 saturated heterocycles. The number of aliphatic imine (C=N–C) groups is 1. The van der Waals surface area contributed by atoms with Crippen molar-refractivity contribution in [3.05, 3.63) is 99.7 Å². The van der Waals surface area contributed by atoms with E-state index in [9.17, 15) is 4.79 Å². The molecule has 42 heavy (non-hydrogen) atoms.